The molecule has 8 heteroatoms. The van der Waals surface area contributed by atoms with Crippen LogP contribution in [0.3, 0.4) is 0 Å². The van der Waals surface area contributed by atoms with Crippen molar-refractivity contribution in [3.05, 3.63) is 66.8 Å². The Morgan fingerprint density at radius 3 is 1.58 bits per heavy atom. The highest BCUT2D eigenvalue weighted by Gasteiger charge is 2.10. The number of rotatable bonds is 4. The van der Waals surface area contributed by atoms with E-state index < -0.39 is 11.8 Å². The number of halogens is 2. The van der Waals surface area contributed by atoms with Crippen LogP contribution in [0.25, 0.3) is 0 Å². The minimum atomic E-state index is -0.892. The van der Waals surface area contributed by atoms with Gasteiger partial charge in [0.25, 0.3) is 0 Å². The highest BCUT2D eigenvalue weighted by atomic mass is 127. The van der Waals surface area contributed by atoms with Crippen molar-refractivity contribution in [2.75, 3.05) is 0 Å². The van der Waals surface area contributed by atoms with Crippen LogP contribution in [0.1, 0.15) is 11.1 Å². The van der Waals surface area contributed by atoms with E-state index >= 15 is 0 Å². The third kappa shape index (κ3) is 6.35. The number of nitrogens with one attached hydrogen (secondary N) is 2. The molecule has 2 aromatic carbocycles. The third-order valence-corrected chi connectivity index (χ3v) is 4.00. The van der Waals surface area contributed by atoms with Gasteiger partial charge in [-0.15, -0.1) is 0 Å². The van der Waals surface area contributed by atoms with Gasteiger partial charge < -0.3 is 0 Å². The molecule has 0 saturated carbocycles. The van der Waals surface area contributed by atoms with Crippen LogP contribution in [-0.2, 0) is 9.59 Å². The summed E-state index contributed by atoms with van der Waals surface area (Å²) in [5.74, 6) is -1.78. The fraction of sp³-hybridized carbons (Fsp3) is 0. The number of hydrogen-bond acceptors (Lipinski definition) is 4. The van der Waals surface area contributed by atoms with Crippen LogP contribution in [0.5, 0.6) is 0 Å². The zero-order chi connectivity index (χ0) is 17.4. The molecule has 0 aliphatic rings. The van der Waals surface area contributed by atoms with E-state index in [1.54, 1.807) is 0 Å². The summed E-state index contributed by atoms with van der Waals surface area (Å²) in [7, 11) is 0. The minimum Gasteiger partial charge on any atom is -0.262 e. The smallest absolute Gasteiger partial charge is 0.262 e. The largest absolute Gasteiger partial charge is 0.331 e. The second kappa shape index (κ2) is 9.47. The quantitative estimate of drug-likeness (QED) is 0.268. The Kier molecular flexibility index (Phi) is 7.31. The van der Waals surface area contributed by atoms with Crippen molar-refractivity contribution in [1.82, 2.24) is 10.9 Å². The lowest BCUT2D eigenvalue weighted by atomic mass is 10.2. The highest BCUT2D eigenvalue weighted by molar-refractivity contribution is 14.1. The Hall–Kier alpha value is -1.82. The lowest BCUT2D eigenvalue weighted by molar-refractivity contribution is -0.139. The molecule has 0 radical (unpaired) electrons. The van der Waals surface area contributed by atoms with Crippen molar-refractivity contribution in [2.24, 2.45) is 10.2 Å². The van der Waals surface area contributed by atoms with Crippen molar-refractivity contribution < 1.29 is 9.59 Å². The third-order valence-electron chi connectivity index (χ3n) is 2.66. The maximum absolute atomic E-state index is 11.6. The molecule has 0 atom stereocenters. The van der Waals surface area contributed by atoms with Crippen molar-refractivity contribution in [3.63, 3.8) is 0 Å². The fourth-order valence-electron chi connectivity index (χ4n) is 1.61. The number of nitrogens with zero attached hydrogens (tertiary/aromatic N) is 2. The van der Waals surface area contributed by atoms with Crippen LogP contribution < -0.4 is 10.9 Å². The average molecular weight is 546 g/mol. The Morgan fingerprint density at radius 2 is 1.21 bits per heavy atom. The maximum Gasteiger partial charge on any atom is 0.331 e. The summed E-state index contributed by atoms with van der Waals surface area (Å²) in [6.45, 7) is 0. The highest BCUT2D eigenvalue weighted by Crippen LogP contribution is 2.06. The van der Waals surface area contributed by atoms with Gasteiger partial charge in [0, 0.05) is 7.14 Å². The van der Waals surface area contributed by atoms with E-state index in [1.165, 1.54) is 12.4 Å². The van der Waals surface area contributed by atoms with Crippen molar-refractivity contribution in [1.29, 1.82) is 0 Å². The first-order valence-corrected chi connectivity index (χ1v) is 8.88. The molecule has 2 aromatic rings. The summed E-state index contributed by atoms with van der Waals surface area (Å²) in [6.07, 6.45) is 2.92. The van der Waals surface area contributed by atoms with Crippen LogP contribution in [0.15, 0.2) is 58.7 Å². The van der Waals surface area contributed by atoms with Gasteiger partial charge >= 0.3 is 11.8 Å². The molecule has 0 aliphatic heterocycles. The van der Waals surface area contributed by atoms with Gasteiger partial charge in [-0.2, -0.15) is 10.2 Å². The Bertz CT molecular complexity index is 739. The molecule has 2 amide bonds. The molecule has 0 aromatic heterocycles. The lowest BCUT2D eigenvalue weighted by Gasteiger charge is -1.99. The summed E-state index contributed by atoms with van der Waals surface area (Å²) >= 11 is 4.35. The molecule has 0 heterocycles. The predicted molar refractivity (Wildman–Crippen MR) is 110 cm³/mol. The summed E-state index contributed by atoms with van der Waals surface area (Å²) in [5, 5.41) is 7.48. The molecule has 2 N–H and O–H groups in total. The first-order chi connectivity index (χ1) is 11.5. The number of carbonyl (C=O) groups excluding carboxylic acids is 2. The van der Waals surface area contributed by atoms with Gasteiger partial charge in [-0.05, 0) is 80.6 Å². The van der Waals surface area contributed by atoms with E-state index in [2.05, 4.69) is 66.2 Å². The van der Waals surface area contributed by atoms with E-state index in [0.717, 1.165) is 18.3 Å². The zero-order valence-corrected chi connectivity index (χ0v) is 16.6. The summed E-state index contributed by atoms with van der Waals surface area (Å²) < 4.78 is 2.09. The number of hydrazone groups is 2. The molecule has 2 rings (SSSR count). The second-order valence-electron chi connectivity index (χ2n) is 4.51. The molecule has 122 valence electrons. The Balaban J connectivity index is 1.83. The Morgan fingerprint density at radius 1 is 0.792 bits per heavy atom. The van der Waals surface area contributed by atoms with Crippen molar-refractivity contribution >= 4 is 69.4 Å². The molecule has 0 aliphatic carbocycles. The monoisotopic (exact) mass is 546 g/mol. The van der Waals surface area contributed by atoms with Crippen LogP contribution in [0.2, 0.25) is 0 Å². The molecular weight excluding hydrogens is 534 g/mol. The number of carbonyl (C=O) groups is 2. The van der Waals surface area contributed by atoms with Gasteiger partial charge in [-0.3, -0.25) is 9.59 Å². The van der Waals surface area contributed by atoms with Gasteiger partial charge in [0.05, 0.1) is 12.4 Å². The molecular formula is C16H12I2N4O2. The van der Waals surface area contributed by atoms with Crippen LogP contribution in [0.4, 0.5) is 0 Å². The van der Waals surface area contributed by atoms with Gasteiger partial charge in [0.2, 0.25) is 0 Å². The van der Waals surface area contributed by atoms with Gasteiger partial charge in [-0.1, -0.05) is 24.3 Å². The first-order valence-electron chi connectivity index (χ1n) is 6.72. The van der Waals surface area contributed by atoms with Crippen LogP contribution in [0, 0.1) is 7.14 Å². The fourth-order valence-corrected chi connectivity index (χ4v) is 2.74. The van der Waals surface area contributed by atoms with E-state index in [0.29, 0.717) is 0 Å². The molecule has 24 heavy (non-hydrogen) atoms. The van der Waals surface area contributed by atoms with Gasteiger partial charge in [-0.25, -0.2) is 10.9 Å². The van der Waals surface area contributed by atoms with Gasteiger partial charge in [0.1, 0.15) is 0 Å². The minimum absolute atomic E-state index is 0.819. The number of amides is 2. The summed E-state index contributed by atoms with van der Waals surface area (Å²) in [6, 6.07) is 15.1. The van der Waals surface area contributed by atoms with E-state index in [1.807, 2.05) is 48.5 Å². The Labute approximate surface area is 166 Å². The van der Waals surface area contributed by atoms with Crippen molar-refractivity contribution in [2.45, 2.75) is 0 Å². The van der Waals surface area contributed by atoms with E-state index in [4.69, 9.17) is 0 Å². The summed E-state index contributed by atoms with van der Waals surface area (Å²) in [4.78, 5) is 23.2. The average Bonchev–Trinajstić information content (AvgIpc) is 2.55. The molecule has 0 bridgehead atoms. The van der Waals surface area contributed by atoms with Crippen molar-refractivity contribution in [3.8, 4) is 0 Å². The number of benzene rings is 2. The normalized spacial score (nSPS) is 10.9. The second-order valence-corrected chi connectivity index (χ2v) is 7.00. The molecule has 0 fully saturated rings. The zero-order valence-electron chi connectivity index (χ0n) is 12.2. The maximum atomic E-state index is 11.6. The molecule has 0 unspecified atom stereocenters. The van der Waals surface area contributed by atoms with E-state index in [9.17, 15) is 9.59 Å². The van der Waals surface area contributed by atoms with E-state index in [-0.39, 0.29) is 0 Å². The molecule has 6 nitrogen and oxygen atoms in total. The standard InChI is InChI=1S/C16H12I2N4O2/c17-13-5-1-3-11(7-13)9-19-21-15(23)16(24)22-20-10-12-4-2-6-14(18)8-12/h1-10H,(H,21,23)(H,22,24)/b19-9+,20-10?. The predicted octanol–water partition coefficient (Wildman–Crippen LogP) is 2.50. The number of hydrogen-bond donors (Lipinski definition) is 2. The van der Waals surface area contributed by atoms with Crippen LogP contribution >= 0.6 is 45.2 Å². The molecule has 0 spiro atoms. The molecule has 0 saturated heterocycles. The first kappa shape index (κ1) is 18.5. The summed E-state index contributed by atoms with van der Waals surface area (Å²) in [5.41, 5.74) is 5.94. The van der Waals surface area contributed by atoms with Gasteiger partial charge in [0.15, 0.2) is 0 Å². The SMILES string of the molecule is O=C(NN=Cc1cccc(I)c1)C(=O)N/N=C/c1cccc(I)c1. The van der Waals surface area contributed by atoms with Crippen LogP contribution in [-0.4, -0.2) is 24.2 Å². The topological polar surface area (TPSA) is 82.9 Å². The lowest BCUT2D eigenvalue weighted by Crippen LogP contribution is -2.35.